The molecule has 2 unspecified atom stereocenters. The number of esters is 1. The molecule has 0 bridgehead atoms. The third kappa shape index (κ3) is 5.28. The molecule has 122 valence electrons. The van der Waals surface area contributed by atoms with Crippen molar-refractivity contribution in [3.63, 3.8) is 0 Å². The number of rotatable bonds is 7. The van der Waals surface area contributed by atoms with Crippen LogP contribution >= 0.6 is 0 Å². The molecule has 0 aromatic heterocycles. The Balaban J connectivity index is 2.48. The molecule has 1 rings (SSSR count). The number of aliphatic carboxylic acids is 1. The Labute approximate surface area is 125 Å². The van der Waals surface area contributed by atoms with Crippen molar-refractivity contribution in [1.29, 1.82) is 0 Å². The van der Waals surface area contributed by atoms with Crippen LogP contribution in [0.25, 0.3) is 0 Å². The molecule has 1 saturated heterocycles. The lowest BCUT2D eigenvalue weighted by Gasteiger charge is -2.26. The van der Waals surface area contributed by atoms with Gasteiger partial charge in [-0.3, -0.25) is 9.59 Å². The van der Waals surface area contributed by atoms with E-state index in [0.717, 1.165) is 0 Å². The van der Waals surface area contributed by atoms with Gasteiger partial charge in [0.25, 0.3) is 0 Å². The number of carboxylic acid groups (broad SMARTS) is 1. The van der Waals surface area contributed by atoms with Crippen LogP contribution in [0.2, 0.25) is 0 Å². The monoisotopic (exact) mass is 302 g/mol. The molecular weight excluding hydrogens is 276 g/mol. The SMILES string of the molecule is CCC(CC(C)(C)C(=O)OCC1COC(C)(C)O1)C(=O)O. The van der Waals surface area contributed by atoms with Crippen molar-refractivity contribution in [3.8, 4) is 0 Å². The van der Waals surface area contributed by atoms with Gasteiger partial charge in [0.1, 0.15) is 12.7 Å². The lowest BCUT2D eigenvalue weighted by Crippen LogP contribution is -2.34. The fourth-order valence-electron chi connectivity index (χ4n) is 2.31. The van der Waals surface area contributed by atoms with Gasteiger partial charge in [0.2, 0.25) is 0 Å². The van der Waals surface area contributed by atoms with Crippen molar-refractivity contribution in [1.82, 2.24) is 0 Å². The Morgan fingerprint density at radius 1 is 1.43 bits per heavy atom. The Morgan fingerprint density at radius 2 is 2.05 bits per heavy atom. The van der Waals surface area contributed by atoms with Crippen molar-refractivity contribution in [3.05, 3.63) is 0 Å². The summed E-state index contributed by atoms with van der Waals surface area (Å²) < 4.78 is 16.2. The first-order valence-corrected chi connectivity index (χ1v) is 7.29. The fraction of sp³-hybridized carbons (Fsp3) is 0.867. The van der Waals surface area contributed by atoms with Crippen LogP contribution in [0, 0.1) is 11.3 Å². The van der Waals surface area contributed by atoms with Crippen LogP contribution in [0.4, 0.5) is 0 Å². The third-order valence-electron chi connectivity index (χ3n) is 3.62. The molecule has 1 fully saturated rings. The Bertz CT molecular complexity index is 388. The lowest BCUT2D eigenvalue weighted by atomic mass is 9.82. The molecule has 0 aromatic carbocycles. The minimum Gasteiger partial charge on any atom is -0.481 e. The van der Waals surface area contributed by atoms with Crippen molar-refractivity contribution in [2.45, 2.75) is 59.4 Å². The second-order valence-corrected chi connectivity index (χ2v) is 6.58. The predicted octanol–water partition coefficient (Wildman–Crippen LogP) is 2.21. The number of hydrogen-bond acceptors (Lipinski definition) is 5. The molecule has 1 heterocycles. The molecule has 0 aliphatic carbocycles. The number of hydrogen-bond donors (Lipinski definition) is 1. The lowest BCUT2D eigenvalue weighted by molar-refractivity contribution is -0.166. The second-order valence-electron chi connectivity index (χ2n) is 6.58. The zero-order valence-electron chi connectivity index (χ0n) is 13.5. The van der Waals surface area contributed by atoms with E-state index in [9.17, 15) is 9.59 Å². The zero-order chi connectivity index (χ0) is 16.3. The number of carbonyl (C=O) groups excluding carboxylic acids is 1. The maximum atomic E-state index is 12.1. The van der Waals surface area contributed by atoms with Gasteiger partial charge < -0.3 is 19.3 Å². The molecule has 0 spiro atoms. The Hall–Kier alpha value is -1.14. The highest BCUT2D eigenvalue weighted by Gasteiger charge is 2.37. The van der Waals surface area contributed by atoms with Crippen LogP contribution < -0.4 is 0 Å². The van der Waals surface area contributed by atoms with Gasteiger partial charge in [-0.1, -0.05) is 6.92 Å². The van der Waals surface area contributed by atoms with Crippen LogP contribution in [0.5, 0.6) is 0 Å². The van der Waals surface area contributed by atoms with Crippen molar-refractivity contribution in [2.75, 3.05) is 13.2 Å². The zero-order valence-corrected chi connectivity index (χ0v) is 13.5. The van der Waals surface area contributed by atoms with Crippen LogP contribution in [0.1, 0.15) is 47.5 Å². The number of ether oxygens (including phenoxy) is 3. The quantitative estimate of drug-likeness (QED) is 0.726. The summed E-state index contributed by atoms with van der Waals surface area (Å²) in [4.78, 5) is 23.2. The molecular formula is C15H26O6. The molecule has 6 heteroatoms. The molecule has 2 atom stereocenters. The summed E-state index contributed by atoms with van der Waals surface area (Å²) in [6.45, 7) is 9.32. The largest absolute Gasteiger partial charge is 0.481 e. The second kappa shape index (κ2) is 6.75. The minimum absolute atomic E-state index is 0.121. The van der Waals surface area contributed by atoms with Gasteiger partial charge in [-0.05, 0) is 40.5 Å². The molecule has 0 radical (unpaired) electrons. The average molecular weight is 302 g/mol. The molecule has 0 amide bonds. The Kier molecular flexibility index (Phi) is 5.75. The van der Waals surface area contributed by atoms with Crippen molar-refractivity contribution < 1.29 is 28.9 Å². The van der Waals surface area contributed by atoms with Gasteiger partial charge in [-0.2, -0.15) is 0 Å². The Morgan fingerprint density at radius 3 is 2.48 bits per heavy atom. The molecule has 1 aliphatic heterocycles. The first-order valence-electron chi connectivity index (χ1n) is 7.29. The van der Waals surface area contributed by atoms with Crippen LogP contribution in [0.15, 0.2) is 0 Å². The van der Waals surface area contributed by atoms with E-state index in [2.05, 4.69) is 0 Å². The van der Waals surface area contributed by atoms with Gasteiger partial charge in [-0.15, -0.1) is 0 Å². The highest BCUT2D eigenvalue weighted by Crippen LogP contribution is 2.29. The first-order chi connectivity index (χ1) is 9.57. The molecule has 1 N–H and O–H groups in total. The molecule has 1 aliphatic rings. The van der Waals surface area contributed by atoms with Crippen LogP contribution in [0.3, 0.4) is 0 Å². The van der Waals surface area contributed by atoms with Gasteiger partial charge in [0, 0.05) is 0 Å². The summed E-state index contributed by atoms with van der Waals surface area (Å²) in [6.07, 6.45) is 0.464. The summed E-state index contributed by atoms with van der Waals surface area (Å²) >= 11 is 0. The predicted molar refractivity (Wildman–Crippen MR) is 75.7 cm³/mol. The first kappa shape index (κ1) is 17.9. The summed E-state index contributed by atoms with van der Waals surface area (Å²) in [6, 6.07) is 0. The molecule has 0 saturated carbocycles. The van der Waals surface area contributed by atoms with Gasteiger partial charge in [-0.25, -0.2) is 0 Å². The van der Waals surface area contributed by atoms with E-state index < -0.39 is 29.1 Å². The third-order valence-corrected chi connectivity index (χ3v) is 3.62. The van der Waals surface area contributed by atoms with Crippen molar-refractivity contribution >= 4 is 11.9 Å². The van der Waals surface area contributed by atoms with Gasteiger partial charge >= 0.3 is 11.9 Å². The summed E-state index contributed by atoms with van der Waals surface area (Å²) in [7, 11) is 0. The summed E-state index contributed by atoms with van der Waals surface area (Å²) in [5, 5.41) is 9.09. The maximum Gasteiger partial charge on any atom is 0.311 e. The normalized spacial score (nSPS) is 22.8. The smallest absolute Gasteiger partial charge is 0.311 e. The van der Waals surface area contributed by atoms with E-state index in [-0.39, 0.29) is 19.1 Å². The van der Waals surface area contributed by atoms with Gasteiger partial charge in [0.05, 0.1) is 17.9 Å². The number of carbonyl (C=O) groups is 2. The molecule has 0 aromatic rings. The van der Waals surface area contributed by atoms with E-state index in [0.29, 0.717) is 13.0 Å². The summed E-state index contributed by atoms with van der Waals surface area (Å²) in [5.74, 6) is -2.48. The standard InChI is InChI=1S/C15H26O6/c1-6-10(12(16)17)7-14(2,3)13(18)19-8-11-9-20-15(4,5)21-11/h10-11H,6-9H2,1-5H3,(H,16,17). The highest BCUT2D eigenvalue weighted by molar-refractivity contribution is 5.77. The highest BCUT2D eigenvalue weighted by atomic mass is 16.7. The number of carboxylic acids is 1. The molecule has 6 nitrogen and oxygen atoms in total. The maximum absolute atomic E-state index is 12.1. The minimum atomic E-state index is -0.882. The summed E-state index contributed by atoms with van der Waals surface area (Å²) in [5.41, 5.74) is -0.839. The fourth-order valence-corrected chi connectivity index (χ4v) is 2.31. The van der Waals surface area contributed by atoms with E-state index in [1.807, 2.05) is 0 Å². The average Bonchev–Trinajstić information content (AvgIpc) is 2.72. The van der Waals surface area contributed by atoms with Crippen LogP contribution in [-0.4, -0.2) is 42.1 Å². The van der Waals surface area contributed by atoms with E-state index in [4.69, 9.17) is 19.3 Å². The topological polar surface area (TPSA) is 82.1 Å². The molecule has 21 heavy (non-hydrogen) atoms. The van der Waals surface area contributed by atoms with Crippen molar-refractivity contribution in [2.24, 2.45) is 11.3 Å². The van der Waals surface area contributed by atoms with E-state index >= 15 is 0 Å². The van der Waals surface area contributed by atoms with E-state index in [1.54, 1.807) is 34.6 Å². The van der Waals surface area contributed by atoms with Crippen LogP contribution in [-0.2, 0) is 23.8 Å². The van der Waals surface area contributed by atoms with E-state index in [1.165, 1.54) is 0 Å². The van der Waals surface area contributed by atoms with Gasteiger partial charge in [0.15, 0.2) is 5.79 Å².